The maximum atomic E-state index is 15.4. The highest BCUT2D eigenvalue weighted by Crippen LogP contribution is 2.38. The first-order valence-electron chi connectivity index (χ1n) is 18.1. The number of imide groups is 2. The number of rotatable bonds is 13. The van der Waals surface area contributed by atoms with Crippen LogP contribution >= 0.6 is 0 Å². The summed E-state index contributed by atoms with van der Waals surface area (Å²) in [6.45, 7) is 4.51. The lowest BCUT2D eigenvalue weighted by Gasteiger charge is -2.27. The third kappa shape index (κ3) is 7.54. The molecule has 57 heavy (non-hydrogen) atoms. The van der Waals surface area contributed by atoms with Gasteiger partial charge in [-0.2, -0.15) is 0 Å². The lowest BCUT2D eigenvalue weighted by atomic mass is 10.0. The summed E-state index contributed by atoms with van der Waals surface area (Å²) >= 11 is 0. The molecule has 1 fully saturated rings. The Hall–Kier alpha value is -6.94. The molecule has 292 valence electrons. The van der Waals surface area contributed by atoms with Gasteiger partial charge in [0.05, 0.1) is 41.0 Å². The molecule has 7 rings (SSSR count). The summed E-state index contributed by atoms with van der Waals surface area (Å²) in [5.41, 5.74) is 4.37. The molecule has 5 amide bonds. The third-order valence-electron chi connectivity index (χ3n) is 10.1. The van der Waals surface area contributed by atoms with Crippen LogP contribution in [0.25, 0.3) is 22.2 Å². The lowest BCUT2D eigenvalue weighted by molar-refractivity contribution is -0.136. The molecule has 2 aromatic heterocycles. The van der Waals surface area contributed by atoms with Crippen LogP contribution in [0, 0.1) is 5.82 Å². The molecule has 0 bridgehead atoms. The number of hydrogen-bond donors (Lipinski definition) is 3. The minimum atomic E-state index is -1.15. The molecule has 0 spiro atoms. The van der Waals surface area contributed by atoms with E-state index in [4.69, 9.17) is 9.72 Å². The average molecular weight is 774 g/mol. The van der Waals surface area contributed by atoms with Crippen LogP contribution in [0.5, 0.6) is 5.75 Å². The zero-order valence-electron chi connectivity index (χ0n) is 31.8. The Morgan fingerprint density at radius 1 is 1.04 bits per heavy atom. The molecule has 0 radical (unpaired) electrons. The number of ether oxygens (including phenoxy) is 1. The van der Waals surface area contributed by atoms with Crippen LogP contribution in [-0.4, -0.2) is 94.2 Å². The fourth-order valence-electron chi connectivity index (χ4n) is 7.14. The lowest BCUT2D eigenvalue weighted by Crippen LogP contribution is -2.54. The van der Waals surface area contributed by atoms with Crippen molar-refractivity contribution in [3.8, 4) is 17.0 Å². The van der Waals surface area contributed by atoms with E-state index in [0.717, 1.165) is 33.1 Å². The Labute approximate surface area is 327 Å². The predicted octanol–water partition coefficient (Wildman–Crippen LogP) is 4.62. The number of amides is 5. The fraction of sp³-hybridized carbons (Fsp3) is 0.244. The van der Waals surface area contributed by atoms with E-state index in [0.29, 0.717) is 41.8 Å². The highest BCUT2D eigenvalue weighted by atomic mass is 19.1. The number of para-hydroxylation sites is 1. The fourth-order valence-corrected chi connectivity index (χ4v) is 7.14. The van der Waals surface area contributed by atoms with Gasteiger partial charge in [0.2, 0.25) is 23.7 Å². The Morgan fingerprint density at radius 3 is 2.53 bits per heavy atom. The van der Waals surface area contributed by atoms with Gasteiger partial charge in [0.1, 0.15) is 17.6 Å². The molecular weight excluding hydrogens is 734 g/mol. The van der Waals surface area contributed by atoms with E-state index >= 15 is 4.39 Å². The van der Waals surface area contributed by atoms with Gasteiger partial charge in [0, 0.05) is 80.6 Å². The molecule has 1 atom stereocenters. The SMILES string of the molecule is C=CC(=O)Nc1cc(Nc2nccc(-c3cn(C)c4ccccc34)n2)c(OC)cc1N(C)CCN(C)Cc1cc2c(cc1F)C(=O)N(C1CCC(=O)NC1=O)C2=O. The monoisotopic (exact) mass is 773 g/mol. The first-order valence-corrected chi connectivity index (χ1v) is 18.1. The zero-order valence-corrected chi connectivity index (χ0v) is 31.8. The Kier molecular flexibility index (Phi) is 10.5. The molecule has 5 aromatic rings. The Morgan fingerprint density at radius 2 is 1.79 bits per heavy atom. The van der Waals surface area contributed by atoms with Crippen molar-refractivity contribution in [2.24, 2.45) is 7.05 Å². The van der Waals surface area contributed by atoms with Gasteiger partial charge >= 0.3 is 0 Å². The molecule has 1 saturated heterocycles. The highest BCUT2D eigenvalue weighted by molar-refractivity contribution is 6.23. The van der Waals surface area contributed by atoms with Crippen LogP contribution in [-0.2, 0) is 28.0 Å². The van der Waals surface area contributed by atoms with Crippen molar-refractivity contribution >= 4 is 63.4 Å². The van der Waals surface area contributed by atoms with Crippen LogP contribution in [0.1, 0.15) is 39.1 Å². The summed E-state index contributed by atoms with van der Waals surface area (Å²) in [7, 11) is 7.12. The van der Waals surface area contributed by atoms with Gasteiger partial charge in [-0.25, -0.2) is 14.4 Å². The van der Waals surface area contributed by atoms with E-state index in [9.17, 15) is 24.0 Å². The molecule has 15 nitrogen and oxygen atoms in total. The zero-order chi connectivity index (χ0) is 40.5. The van der Waals surface area contributed by atoms with E-state index in [1.165, 1.54) is 19.3 Å². The summed E-state index contributed by atoms with van der Waals surface area (Å²) in [5, 5.41) is 9.32. The molecule has 2 aliphatic heterocycles. The number of piperidine rings is 1. The first kappa shape index (κ1) is 38.3. The van der Waals surface area contributed by atoms with Gasteiger partial charge in [-0.15, -0.1) is 0 Å². The first-order chi connectivity index (χ1) is 27.4. The maximum Gasteiger partial charge on any atom is 0.262 e. The van der Waals surface area contributed by atoms with Crippen LogP contribution in [0.15, 0.2) is 79.6 Å². The van der Waals surface area contributed by atoms with E-state index in [2.05, 4.69) is 27.5 Å². The molecule has 3 aromatic carbocycles. The minimum Gasteiger partial charge on any atom is -0.494 e. The Balaban J connectivity index is 1.07. The van der Waals surface area contributed by atoms with Gasteiger partial charge in [-0.05, 0) is 49.9 Å². The number of benzene rings is 3. The molecular formula is C41H40FN9O6. The second kappa shape index (κ2) is 15.7. The van der Waals surface area contributed by atoms with Crippen molar-refractivity contribution in [2.45, 2.75) is 25.4 Å². The second-order valence-electron chi connectivity index (χ2n) is 13.9. The van der Waals surface area contributed by atoms with E-state index in [1.54, 1.807) is 25.4 Å². The van der Waals surface area contributed by atoms with Crippen LogP contribution in [0.3, 0.4) is 0 Å². The number of nitrogens with zero attached hydrogens (tertiary/aromatic N) is 6. The number of anilines is 4. The van der Waals surface area contributed by atoms with Crippen LogP contribution in [0.4, 0.5) is 27.4 Å². The number of methoxy groups -OCH3 is 1. The molecule has 1 unspecified atom stereocenters. The van der Waals surface area contributed by atoms with Crippen molar-refractivity contribution < 1.29 is 33.1 Å². The number of hydrogen-bond acceptors (Lipinski definition) is 11. The summed E-state index contributed by atoms with van der Waals surface area (Å²) < 4.78 is 23.2. The number of halogens is 1. The maximum absolute atomic E-state index is 15.4. The van der Waals surface area contributed by atoms with Crippen molar-refractivity contribution in [1.29, 1.82) is 0 Å². The summed E-state index contributed by atoms with van der Waals surface area (Å²) in [6, 6.07) is 14.6. The number of aromatic nitrogens is 3. The van der Waals surface area contributed by atoms with E-state index in [-0.39, 0.29) is 36.1 Å². The van der Waals surface area contributed by atoms with Gasteiger partial charge in [0.15, 0.2) is 0 Å². The number of aryl methyl sites for hydroxylation is 1. The second-order valence-corrected chi connectivity index (χ2v) is 13.9. The number of carbonyl (C=O) groups is 5. The van der Waals surface area contributed by atoms with Crippen molar-refractivity contribution in [1.82, 2.24) is 29.7 Å². The Bertz CT molecular complexity index is 2480. The standard InChI is InChI=1S/C41H40FN9O6/c1-6-36(52)44-30-19-31(46-41-43-14-13-29(45-41)27-22-50(4)32-10-8-7-9-24(27)32)35(57-5)20-34(30)49(3)16-15-48(2)21-23-17-25-26(18-28(23)42)40(56)51(39(25)55)33-11-12-37(53)47-38(33)54/h6-10,13-14,17-20,22,33H,1,11-12,15-16,21H2,2-5H3,(H,44,52)(H,43,45,46)(H,47,53,54). The molecule has 0 saturated carbocycles. The topological polar surface area (TPSA) is 171 Å². The van der Waals surface area contributed by atoms with Crippen LogP contribution in [0.2, 0.25) is 0 Å². The number of carbonyl (C=O) groups excluding carboxylic acids is 5. The third-order valence-corrected chi connectivity index (χ3v) is 10.1. The molecule has 0 aliphatic carbocycles. The van der Waals surface area contributed by atoms with E-state index in [1.807, 2.05) is 65.0 Å². The van der Waals surface area contributed by atoms with Crippen molar-refractivity contribution in [2.75, 3.05) is 49.8 Å². The summed E-state index contributed by atoms with van der Waals surface area (Å²) in [5.74, 6) is -3.04. The molecule has 4 heterocycles. The average Bonchev–Trinajstić information content (AvgIpc) is 3.65. The molecule has 2 aliphatic rings. The highest BCUT2D eigenvalue weighted by Gasteiger charge is 2.45. The molecule has 3 N–H and O–H groups in total. The normalized spacial score (nSPS) is 15.2. The van der Waals surface area contributed by atoms with Crippen molar-refractivity contribution in [3.05, 3.63) is 102 Å². The quantitative estimate of drug-likeness (QED) is 0.113. The smallest absolute Gasteiger partial charge is 0.262 e. The van der Waals surface area contributed by atoms with Gasteiger partial charge in [0.25, 0.3) is 11.8 Å². The number of likely N-dealkylation sites (N-methyl/N-ethyl adjacent to an activating group) is 2. The van der Waals surface area contributed by atoms with Crippen LogP contribution < -0.4 is 25.6 Å². The minimum absolute atomic E-state index is 0.000649. The summed E-state index contributed by atoms with van der Waals surface area (Å²) in [6.07, 6.45) is 4.84. The van der Waals surface area contributed by atoms with Gasteiger partial charge in [-0.3, -0.25) is 34.2 Å². The molecule has 16 heteroatoms. The largest absolute Gasteiger partial charge is 0.494 e. The van der Waals surface area contributed by atoms with Crippen molar-refractivity contribution in [3.63, 3.8) is 0 Å². The summed E-state index contributed by atoms with van der Waals surface area (Å²) in [4.78, 5) is 76.9. The van der Waals surface area contributed by atoms with E-state index < -0.39 is 41.4 Å². The number of nitrogens with one attached hydrogen (secondary N) is 3. The van der Waals surface area contributed by atoms with Gasteiger partial charge < -0.3 is 29.7 Å². The number of fused-ring (bicyclic) bond motifs is 2. The predicted molar refractivity (Wildman–Crippen MR) is 212 cm³/mol. The van der Waals surface area contributed by atoms with Gasteiger partial charge in [-0.1, -0.05) is 24.8 Å².